The van der Waals surface area contributed by atoms with Crippen LogP contribution in [0.25, 0.3) is 0 Å². The van der Waals surface area contributed by atoms with E-state index in [1.807, 2.05) is 13.8 Å². The van der Waals surface area contributed by atoms with E-state index in [-0.39, 0.29) is 17.3 Å². The molecule has 3 amide bonds. The highest BCUT2D eigenvalue weighted by atomic mass is 32.2. The molecule has 2 N–H and O–H groups in total. The van der Waals surface area contributed by atoms with E-state index in [0.717, 1.165) is 21.6 Å². The average molecular weight is 401 g/mol. The minimum Gasteiger partial charge on any atom is -0.324 e. The molecule has 1 heterocycles. The molecule has 0 spiro atoms. The van der Waals surface area contributed by atoms with E-state index < -0.39 is 21.6 Å². The number of carbonyl (C=O) groups excluding carboxylic acids is 2. The summed E-state index contributed by atoms with van der Waals surface area (Å²) in [5.41, 5.74) is 2.12. The van der Waals surface area contributed by atoms with Crippen LogP contribution in [0.3, 0.4) is 0 Å². The number of benzene rings is 2. The van der Waals surface area contributed by atoms with Gasteiger partial charge in [0.15, 0.2) is 0 Å². The molecule has 0 radical (unpaired) electrons. The number of sulfonamides is 1. The second-order valence-corrected chi connectivity index (χ2v) is 9.18. The van der Waals surface area contributed by atoms with Gasteiger partial charge in [0.2, 0.25) is 0 Å². The Balaban J connectivity index is 1.73. The van der Waals surface area contributed by atoms with Gasteiger partial charge in [0, 0.05) is 5.69 Å². The first kappa shape index (κ1) is 19.9. The molecule has 28 heavy (non-hydrogen) atoms. The van der Waals surface area contributed by atoms with Crippen molar-refractivity contribution in [2.75, 3.05) is 4.72 Å². The molecule has 0 aliphatic carbocycles. The molecule has 0 unspecified atom stereocenters. The zero-order valence-electron chi connectivity index (χ0n) is 16.2. The maximum Gasteiger partial charge on any atom is 0.325 e. The predicted octanol–water partition coefficient (Wildman–Crippen LogP) is 2.93. The van der Waals surface area contributed by atoms with E-state index in [1.54, 1.807) is 56.3 Å². The largest absolute Gasteiger partial charge is 0.325 e. The van der Waals surface area contributed by atoms with Crippen molar-refractivity contribution in [3.05, 3.63) is 59.2 Å². The number of hydrogen-bond donors (Lipinski definition) is 2. The van der Waals surface area contributed by atoms with Gasteiger partial charge in [0.05, 0.1) is 11.4 Å². The number of nitrogens with zero attached hydrogens (tertiary/aromatic N) is 1. The first-order chi connectivity index (χ1) is 13.0. The lowest BCUT2D eigenvalue weighted by Crippen LogP contribution is -2.40. The number of carbonyl (C=O) groups is 2. The smallest absolute Gasteiger partial charge is 0.324 e. The molecule has 1 aliphatic heterocycles. The first-order valence-corrected chi connectivity index (χ1v) is 10.3. The van der Waals surface area contributed by atoms with Gasteiger partial charge in [-0.15, -0.1) is 0 Å². The molecule has 2 aromatic rings. The normalized spacial score (nSPS) is 16.2. The Hall–Kier alpha value is -2.87. The Morgan fingerprint density at radius 3 is 2.18 bits per heavy atom. The first-order valence-electron chi connectivity index (χ1n) is 8.83. The van der Waals surface area contributed by atoms with Crippen LogP contribution in [-0.4, -0.2) is 30.8 Å². The highest BCUT2D eigenvalue weighted by molar-refractivity contribution is 7.92. The van der Waals surface area contributed by atoms with Gasteiger partial charge in [-0.25, -0.2) is 13.2 Å². The fourth-order valence-electron chi connectivity index (χ4n) is 2.92. The summed E-state index contributed by atoms with van der Waals surface area (Å²) in [6.07, 6.45) is 0. The third kappa shape index (κ3) is 3.87. The Labute approximate surface area is 164 Å². The summed E-state index contributed by atoms with van der Waals surface area (Å²) in [5, 5.41) is 2.63. The summed E-state index contributed by atoms with van der Waals surface area (Å²) in [6.45, 7) is 7.21. The maximum absolute atomic E-state index is 12.6. The Morgan fingerprint density at radius 2 is 1.64 bits per heavy atom. The van der Waals surface area contributed by atoms with Crippen LogP contribution in [-0.2, 0) is 21.4 Å². The van der Waals surface area contributed by atoms with Gasteiger partial charge in [-0.05, 0) is 68.7 Å². The molecule has 0 aromatic heterocycles. The Morgan fingerprint density at radius 1 is 1.00 bits per heavy atom. The monoisotopic (exact) mass is 401 g/mol. The van der Waals surface area contributed by atoms with Crippen LogP contribution in [0.5, 0.6) is 0 Å². The molecule has 0 atom stereocenters. The molecular weight excluding hydrogens is 378 g/mol. The van der Waals surface area contributed by atoms with Crippen molar-refractivity contribution in [2.45, 2.75) is 44.7 Å². The van der Waals surface area contributed by atoms with E-state index in [9.17, 15) is 18.0 Å². The highest BCUT2D eigenvalue weighted by Gasteiger charge is 2.44. The topological polar surface area (TPSA) is 95.6 Å². The van der Waals surface area contributed by atoms with Gasteiger partial charge in [-0.3, -0.25) is 14.4 Å². The van der Waals surface area contributed by atoms with Gasteiger partial charge in [-0.2, -0.15) is 0 Å². The number of aryl methyl sites for hydroxylation is 2. The number of urea groups is 1. The summed E-state index contributed by atoms with van der Waals surface area (Å²) in [5.74, 6) is -0.294. The van der Waals surface area contributed by atoms with Crippen LogP contribution >= 0.6 is 0 Å². The zero-order valence-corrected chi connectivity index (χ0v) is 17.1. The van der Waals surface area contributed by atoms with E-state index in [1.165, 1.54) is 0 Å². The van der Waals surface area contributed by atoms with Crippen molar-refractivity contribution in [3.63, 3.8) is 0 Å². The molecule has 0 saturated carbocycles. The number of hydrogen-bond acceptors (Lipinski definition) is 4. The van der Waals surface area contributed by atoms with Gasteiger partial charge < -0.3 is 5.32 Å². The second-order valence-electron chi connectivity index (χ2n) is 7.49. The highest BCUT2D eigenvalue weighted by Crippen LogP contribution is 2.22. The molecule has 148 valence electrons. The van der Waals surface area contributed by atoms with Crippen molar-refractivity contribution < 1.29 is 18.0 Å². The lowest BCUT2D eigenvalue weighted by atomic mass is 10.1. The summed E-state index contributed by atoms with van der Waals surface area (Å²) >= 11 is 0. The van der Waals surface area contributed by atoms with Gasteiger partial charge in [0.1, 0.15) is 5.54 Å². The number of nitrogens with one attached hydrogen (secondary N) is 2. The second kappa shape index (κ2) is 6.94. The number of imide groups is 1. The van der Waals surface area contributed by atoms with Crippen LogP contribution in [0.4, 0.5) is 10.5 Å². The number of anilines is 1. The number of amides is 3. The quantitative estimate of drug-likeness (QED) is 0.753. The molecule has 3 rings (SSSR count). The molecule has 1 aliphatic rings. The standard InChI is InChI=1S/C20H23N3O4S/c1-13-5-10-17(11-14(13)2)28(26,27)22-16-8-6-15(7-9-16)12-23-18(24)20(3,4)21-19(23)25/h5-11,22H,12H2,1-4H3,(H,21,25). The molecule has 7 nitrogen and oxygen atoms in total. The van der Waals surface area contributed by atoms with E-state index in [0.29, 0.717) is 5.69 Å². The minimum atomic E-state index is -3.70. The molecule has 1 fully saturated rings. The maximum atomic E-state index is 12.6. The lowest BCUT2D eigenvalue weighted by molar-refractivity contribution is -0.130. The molecular formula is C20H23N3O4S. The summed E-state index contributed by atoms with van der Waals surface area (Å²) in [6, 6.07) is 11.1. The van der Waals surface area contributed by atoms with Crippen molar-refractivity contribution in [1.29, 1.82) is 0 Å². The fraction of sp³-hybridized carbons (Fsp3) is 0.300. The van der Waals surface area contributed by atoms with Gasteiger partial charge in [-0.1, -0.05) is 18.2 Å². The Bertz CT molecular complexity index is 1040. The molecule has 1 saturated heterocycles. The fourth-order valence-corrected chi connectivity index (χ4v) is 4.06. The van der Waals surface area contributed by atoms with Crippen molar-refractivity contribution >= 4 is 27.6 Å². The zero-order chi connectivity index (χ0) is 20.7. The summed E-state index contributed by atoms with van der Waals surface area (Å²) < 4.78 is 27.7. The lowest BCUT2D eigenvalue weighted by Gasteiger charge is -2.16. The minimum absolute atomic E-state index is 0.123. The van der Waals surface area contributed by atoms with Crippen LogP contribution in [0.15, 0.2) is 47.4 Å². The van der Waals surface area contributed by atoms with Crippen molar-refractivity contribution in [2.24, 2.45) is 0 Å². The van der Waals surface area contributed by atoms with Crippen LogP contribution < -0.4 is 10.0 Å². The molecule has 0 bridgehead atoms. The van der Waals surface area contributed by atoms with Crippen LogP contribution in [0, 0.1) is 13.8 Å². The van der Waals surface area contributed by atoms with E-state index in [2.05, 4.69) is 10.0 Å². The van der Waals surface area contributed by atoms with E-state index >= 15 is 0 Å². The van der Waals surface area contributed by atoms with Gasteiger partial charge >= 0.3 is 6.03 Å². The number of rotatable bonds is 5. The average Bonchev–Trinajstić information content (AvgIpc) is 2.80. The van der Waals surface area contributed by atoms with Crippen molar-refractivity contribution in [1.82, 2.24) is 10.2 Å². The third-order valence-corrected chi connectivity index (χ3v) is 6.16. The summed E-state index contributed by atoms with van der Waals surface area (Å²) in [4.78, 5) is 25.6. The van der Waals surface area contributed by atoms with E-state index in [4.69, 9.17) is 0 Å². The predicted molar refractivity (Wildman–Crippen MR) is 106 cm³/mol. The third-order valence-electron chi connectivity index (χ3n) is 4.78. The Kier molecular flexibility index (Phi) is 4.93. The SMILES string of the molecule is Cc1ccc(S(=O)(=O)Nc2ccc(CN3C(=O)NC(C)(C)C3=O)cc2)cc1C. The van der Waals surface area contributed by atoms with Crippen molar-refractivity contribution in [3.8, 4) is 0 Å². The van der Waals surface area contributed by atoms with Gasteiger partial charge in [0.25, 0.3) is 15.9 Å². The van der Waals surface area contributed by atoms with Crippen LogP contribution in [0.1, 0.15) is 30.5 Å². The summed E-state index contributed by atoms with van der Waals surface area (Å²) in [7, 11) is -3.70. The van der Waals surface area contributed by atoms with Crippen LogP contribution in [0.2, 0.25) is 0 Å². The molecule has 2 aromatic carbocycles. The molecule has 8 heteroatoms.